The van der Waals surface area contributed by atoms with E-state index in [2.05, 4.69) is 16.4 Å². The van der Waals surface area contributed by atoms with Crippen molar-refractivity contribution in [1.82, 2.24) is 5.32 Å². The van der Waals surface area contributed by atoms with Gasteiger partial charge in [0.1, 0.15) is 0 Å². The van der Waals surface area contributed by atoms with Crippen LogP contribution >= 0.6 is 0 Å². The Morgan fingerprint density at radius 1 is 1.25 bits per heavy atom. The highest BCUT2D eigenvalue weighted by molar-refractivity contribution is 5.78. The zero-order valence-corrected chi connectivity index (χ0v) is 14.0. The van der Waals surface area contributed by atoms with Gasteiger partial charge in [-0.05, 0) is 29.7 Å². The molecule has 0 aromatic heterocycles. The van der Waals surface area contributed by atoms with Gasteiger partial charge >= 0.3 is 0 Å². The molecule has 3 N–H and O–H groups in total. The zero-order valence-electron chi connectivity index (χ0n) is 14.0. The standard InChI is InChI=1S/C19H22N4O/c1-14(13-24-2)23-19(21)22-12-15-7-9-16(10-8-15)18-6-4-3-5-17(18)11-20/h3-10,14H,12-13H2,1-2H3,(H3,21,22,23). The summed E-state index contributed by atoms with van der Waals surface area (Å²) in [5.74, 6) is 0.401. The minimum absolute atomic E-state index is 0.114. The highest BCUT2D eigenvalue weighted by Crippen LogP contribution is 2.23. The first-order chi connectivity index (χ1) is 11.6. The number of hydrogen-bond donors (Lipinski definition) is 2. The molecule has 2 rings (SSSR count). The number of nitrogens with two attached hydrogens (primary N) is 1. The summed E-state index contributed by atoms with van der Waals surface area (Å²) in [5.41, 5.74) is 9.53. The monoisotopic (exact) mass is 322 g/mol. The van der Waals surface area contributed by atoms with Gasteiger partial charge < -0.3 is 15.8 Å². The van der Waals surface area contributed by atoms with Crippen LogP contribution in [0.15, 0.2) is 53.5 Å². The molecule has 24 heavy (non-hydrogen) atoms. The van der Waals surface area contributed by atoms with Gasteiger partial charge in [0.25, 0.3) is 0 Å². The quantitative estimate of drug-likeness (QED) is 0.632. The predicted octanol–water partition coefficient (Wildman–Crippen LogP) is 2.66. The second-order valence-corrected chi connectivity index (χ2v) is 5.56. The van der Waals surface area contributed by atoms with E-state index in [-0.39, 0.29) is 6.04 Å². The van der Waals surface area contributed by atoms with Gasteiger partial charge in [0.05, 0.1) is 24.8 Å². The molecule has 0 aliphatic carbocycles. The summed E-state index contributed by atoms with van der Waals surface area (Å²) in [6.45, 7) is 3.05. The van der Waals surface area contributed by atoms with Crippen LogP contribution in [-0.2, 0) is 11.3 Å². The maximum atomic E-state index is 9.19. The van der Waals surface area contributed by atoms with Crippen LogP contribution in [-0.4, -0.2) is 25.7 Å². The Balaban J connectivity index is 2.04. The molecule has 1 atom stereocenters. The number of benzene rings is 2. The lowest BCUT2D eigenvalue weighted by atomic mass is 9.99. The fourth-order valence-electron chi connectivity index (χ4n) is 2.39. The molecule has 0 aliphatic rings. The number of nitriles is 1. The lowest BCUT2D eigenvalue weighted by molar-refractivity contribution is 0.179. The van der Waals surface area contributed by atoms with Gasteiger partial charge in [0.2, 0.25) is 0 Å². The highest BCUT2D eigenvalue weighted by atomic mass is 16.5. The molecular formula is C19H22N4O. The smallest absolute Gasteiger partial charge is 0.189 e. The lowest BCUT2D eigenvalue weighted by Crippen LogP contribution is -2.40. The maximum absolute atomic E-state index is 9.19. The molecule has 0 heterocycles. The fourth-order valence-corrected chi connectivity index (χ4v) is 2.39. The molecule has 124 valence electrons. The predicted molar refractivity (Wildman–Crippen MR) is 96.4 cm³/mol. The third kappa shape index (κ3) is 4.83. The van der Waals surface area contributed by atoms with E-state index in [9.17, 15) is 5.26 Å². The summed E-state index contributed by atoms with van der Waals surface area (Å²) in [4.78, 5) is 4.33. The SMILES string of the molecule is COCC(C)NC(N)=NCc1ccc(-c2ccccc2C#N)cc1. The number of nitrogens with zero attached hydrogens (tertiary/aromatic N) is 2. The van der Waals surface area contributed by atoms with Crippen molar-refractivity contribution in [2.45, 2.75) is 19.5 Å². The number of rotatable bonds is 6. The Hall–Kier alpha value is -2.84. The largest absolute Gasteiger partial charge is 0.383 e. The van der Waals surface area contributed by atoms with Crippen molar-refractivity contribution >= 4 is 5.96 Å². The minimum atomic E-state index is 0.114. The maximum Gasteiger partial charge on any atom is 0.189 e. The van der Waals surface area contributed by atoms with Crippen LogP contribution in [0.2, 0.25) is 0 Å². The van der Waals surface area contributed by atoms with E-state index in [0.717, 1.165) is 16.7 Å². The highest BCUT2D eigenvalue weighted by Gasteiger charge is 2.04. The van der Waals surface area contributed by atoms with Crippen LogP contribution in [0.1, 0.15) is 18.1 Å². The van der Waals surface area contributed by atoms with Crippen molar-refractivity contribution < 1.29 is 4.74 Å². The van der Waals surface area contributed by atoms with Gasteiger partial charge in [-0.1, -0.05) is 42.5 Å². The molecule has 0 saturated heterocycles. The lowest BCUT2D eigenvalue weighted by Gasteiger charge is -2.13. The van der Waals surface area contributed by atoms with Crippen LogP contribution in [0.4, 0.5) is 0 Å². The van der Waals surface area contributed by atoms with E-state index in [1.807, 2.05) is 55.5 Å². The second-order valence-electron chi connectivity index (χ2n) is 5.56. The first kappa shape index (κ1) is 17.5. The summed E-state index contributed by atoms with van der Waals surface area (Å²) >= 11 is 0. The molecule has 0 radical (unpaired) electrons. The van der Waals surface area contributed by atoms with Crippen molar-refractivity contribution in [3.8, 4) is 17.2 Å². The summed E-state index contributed by atoms with van der Waals surface area (Å²) in [6.07, 6.45) is 0. The molecule has 0 fully saturated rings. The van der Waals surface area contributed by atoms with Gasteiger partial charge in [0.15, 0.2) is 5.96 Å². The number of ether oxygens (including phenoxy) is 1. The Kier molecular flexibility index (Phi) is 6.35. The Morgan fingerprint density at radius 2 is 1.96 bits per heavy atom. The van der Waals surface area contributed by atoms with E-state index < -0.39 is 0 Å². The molecular weight excluding hydrogens is 300 g/mol. The Bertz CT molecular complexity index is 732. The van der Waals surface area contributed by atoms with E-state index in [1.54, 1.807) is 7.11 Å². The zero-order chi connectivity index (χ0) is 17.4. The molecule has 5 nitrogen and oxygen atoms in total. The molecule has 2 aromatic carbocycles. The fraction of sp³-hybridized carbons (Fsp3) is 0.263. The van der Waals surface area contributed by atoms with Gasteiger partial charge in [-0.15, -0.1) is 0 Å². The van der Waals surface area contributed by atoms with E-state index in [0.29, 0.717) is 24.7 Å². The van der Waals surface area contributed by atoms with Crippen molar-refractivity contribution in [2.24, 2.45) is 10.7 Å². The van der Waals surface area contributed by atoms with Crippen molar-refractivity contribution in [3.05, 3.63) is 59.7 Å². The molecule has 0 saturated carbocycles. The van der Waals surface area contributed by atoms with Crippen molar-refractivity contribution in [2.75, 3.05) is 13.7 Å². The second kappa shape index (κ2) is 8.70. The average molecular weight is 322 g/mol. The molecule has 2 aromatic rings. The average Bonchev–Trinajstić information content (AvgIpc) is 2.60. The van der Waals surface area contributed by atoms with Crippen molar-refractivity contribution in [1.29, 1.82) is 5.26 Å². The number of methoxy groups -OCH3 is 1. The van der Waals surface area contributed by atoms with Crippen LogP contribution < -0.4 is 11.1 Å². The Labute approximate surface area is 142 Å². The topological polar surface area (TPSA) is 83.4 Å². The van der Waals surface area contributed by atoms with E-state index >= 15 is 0 Å². The van der Waals surface area contributed by atoms with Crippen LogP contribution in [0, 0.1) is 11.3 Å². The van der Waals surface area contributed by atoms with Crippen LogP contribution in [0.3, 0.4) is 0 Å². The van der Waals surface area contributed by atoms with Crippen molar-refractivity contribution in [3.63, 3.8) is 0 Å². The van der Waals surface area contributed by atoms with Gasteiger partial charge in [-0.2, -0.15) is 5.26 Å². The molecule has 0 bridgehead atoms. The number of hydrogen-bond acceptors (Lipinski definition) is 3. The Morgan fingerprint density at radius 3 is 2.62 bits per heavy atom. The summed E-state index contributed by atoms with van der Waals surface area (Å²) < 4.78 is 5.05. The summed E-state index contributed by atoms with van der Waals surface area (Å²) in [7, 11) is 1.65. The number of guanidine groups is 1. The number of aliphatic imine (C=N–C) groups is 1. The van der Waals surface area contributed by atoms with Crippen LogP contribution in [0.25, 0.3) is 11.1 Å². The third-order valence-corrected chi connectivity index (χ3v) is 3.56. The summed E-state index contributed by atoms with van der Waals surface area (Å²) in [6, 6.07) is 17.9. The first-order valence-electron chi connectivity index (χ1n) is 7.78. The molecule has 0 spiro atoms. The van der Waals surface area contributed by atoms with E-state index in [4.69, 9.17) is 10.5 Å². The molecule has 5 heteroatoms. The van der Waals surface area contributed by atoms with Gasteiger partial charge in [-0.25, -0.2) is 4.99 Å². The van der Waals surface area contributed by atoms with Gasteiger partial charge in [-0.3, -0.25) is 0 Å². The van der Waals surface area contributed by atoms with E-state index in [1.165, 1.54) is 0 Å². The van der Waals surface area contributed by atoms with Gasteiger partial charge in [0, 0.05) is 13.2 Å². The normalized spacial score (nSPS) is 12.5. The first-order valence-corrected chi connectivity index (χ1v) is 7.78. The molecule has 1 unspecified atom stereocenters. The van der Waals surface area contributed by atoms with Crippen LogP contribution in [0.5, 0.6) is 0 Å². The number of nitrogens with one attached hydrogen (secondary N) is 1. The summed E-state index contributed by atoms with van der Waals surface area (Å²) in [5, 5.41) is 12.3. The molecule has 0 aliphatic heterocycles. The third-order valence-electron chi connectivity index (χ3n) is 3.56. The molecule has 0 amide bonds. The minimum Gasteiger partial charge on any atom is -0.383 e.